The Labute approximate surface area is 95.7 Å². The molecular formula is C12H18N2O2. The average molecular weight is 222 g/mol. The molecule has 1 atom stereocenters. The number of carbonyl (C=O) groups is 1. The highest BCUT2D eigenvalue weighted by atomic mass is 16.3. The van der Waals surface area contributed by atoms with Gasteiger partial charge in [0, 0.05) is 18.9 Å². The number of nitrogens with one attached hydrogen (secondary N) is 1. The van der Waals surface area contributed by atoms with Crippen molar-refractivity contribution in [2.24, 2.45) is 5.92 Å². The van der Waals surface area contributed by atoms with E-state index in [1.807, 2.05) is 20.8 Å². The third kappa shape index (κ3) is 3.62. The summed E-state index contributed by atoms with van der Waals surface area (Å²) >= 11 is 0. The molecule has 16 heavy (non-hydrogen) atoms. The molecule has 1 aromatic heterocycles. The molecule has 0 aromatic carbocycles. The molecule has 0 spiro atoms. The number of aromatic nitrogens is 1. The number of pyridine rings is 1. The van der Waals surface area contributed by atoms with Crippen LogP contribution in [0.15, 0.2) is 18.5 Å². The van der Waals surface area contributed by atoms with E-state index in [9.17, 15) is 9.90 Å². The van der Waals surface area contributed by atoms with E-state index in [-0.39, 0.29) is 18.4 Å². The molecule has 4 heteroatoms. The number of hydrogen-bond donors (Lipinski definition) is 2. The minimum atomic E-state index is -0.512. The van der Waals surface area contributed by atoms with Gasteiger partial charge in [0.05, 0.1) is 11.7 Å². The van der Waals surface area contributed by atoms with Crippen LogP contribution in [0.3, 0.4) is 0 Å². The van der Waals surface area contributed by atoms with Crippen LogP contribution in [0.2, 0.25) is 0 Å². The zero-order chi connectivity index (χ0) is 12.1. The predicted octanol–water partition coefficient (Wildman–Crippen LogP) is 1.14. The van der Waals surface area contributed by atoms with Crippen molar-refractivity contribution in [2.75, 3.05) is 6.54 Å². The van der Waals surface area contributed by atoms with Gasteiger partial charge in [0.25, 0.3) is 5.91 Å². The molecule has 2 N–H and O–H groups in total. The normalized spacial score (nSPS) is 12.6. The lowest BCUT2D eigenvalue weighted by atomic mass is 10.1. The van der Waals surface area contributed by atoms with Crippen molar-refractivity contribution >= 4 is 5.91 Å². The van der Waals surface area contributed by atoms with E-state index < -0.39 is 6.10 Å². The van der Waals surface area contributed by atoms with Gasteiger partial charge < -0.3 is 10.4 Å². The van der Waals surface area contributed by atoms with Crippen LogP contribution >= 0.6 is 0 Å². The molecule has 0 aliphatic heterocycles. The van der Waals surface area contributed by atoms with Crippen LogP contribution in [0, 0.1) is 12.8 Å². The number of amides is 1. The molecule has 1 rings (SSSR count). The Morgan fingerprint density at radius 3 is 2.75 bits per heavy atom. The first-order chi connectivity index (χ1) is 7.50. The zero-order valence-corrected chi connectivity index (χ0v) is 9.90. The summed E-state index contributed by atoms with van der Waals surface area (Å²) in [6, 6.07) is 1.77. The van der Waals surface area contributed by atoms with E-state index in [0.717, 1.165) is 5.56 Å². The Morgan fingerprint density at radius 2 is 2.19 bits per heavy atom. The molecule has 0 radical (unpaired) electrons. The number of aryl methyl sites for hydroxylation is 1. The fraction of sp³-hybridized carbons (Fsp3) is 0.500. The number of aliphatic hydroxyl groups excluding tert-OH is 1. The lowest BCUT2D eigenvalue weighted by Crippen LogP contribution is -2.34. The zero-order valence-electron chi connectivity index (χ0n) is 9.90. The van der Waals surface area contributed by atoms with Crippen LogP contribution in [0.25, 0.3) is 0 Å². The maximum absolute atomic E-state index is 11.7. The molecule has 88 valence electrons. The number of aliphatic hydroxyl groups is 1. The Morgan fingerprint density at radius 1 is 1.50 bits per heavy atom. The van der Waals surface area contributed by atoms with Crippen LogP contribution in [-0.2, 0) is 0 Å². The molecule has 0 saturated heterocycles. The van der Waals surface area contributed by atoms with E-state index in [4.69, 9.17) is 0 Å². The summed E-state index contributed by atoms with van der Waals surface area (Å²) in [4.78, 5) is 15.6. The third-order valence-corrected chi connectivity index (χ3v) is 2.38. The van der Waals surface area contributed by atoms with Crippen molar-refractivity contribution in [1.82, 2.24) is 10.3 Å². The fourth-order valence-corrected chi connectivity index (χ4v) is 1.21. The highest BCUT2D eigenvalue weighted by Gasteiger charge is 2.11. The second kappa shape index (κ2) is 5.61. The molecule has 1 aromatic rings. The highest BCUT2D eigenvalue weighted by molar-refractivity contribution is 5.93. The molecule has 0 saturated carbocycles. The summed E-state index contributed by atoms with van der Waals surface area (Å²) in [5, 5.41) is 12.2. The number of rotatable bonds is 4. The van der Waals surface area contributed by atoms with E-state index in [1.54, 1.807) is 12.3 Å². The monoisotopic (exact) mass is 222 g/mol. The van der Waals surface area contributed by atoms with E-state index in [0.29, 0.717) is 5.56 Å². The molecule has 0 bridgehead atoms. The van der Waals surface area contributed by atoms with Crippen LogP contribution in [0.4, 0.5) is 0 Å². The standard InChI is InChI=1S/C12H18N2O2/c1-8(2)11(15)7-14-12(16)10-4-9(3)5-13-6-10/h4-6,8,11,15H,7H2,1-3H3,(H,14,16). The van der Waals surface area contributed by atoms with E-state index in [1.165, 1.54) is 6.20 Å². The summed E-state index contributed by atoms with van der Waals surface area (Å²) in [6.45, 7) is 5.97. The first-order valence-electron chi connectivity index (χ1n) is 5.38. The summed E-state index contributed by atoms with van der Waals surface area (Å²) < 4.78 is 0. The first-order valence-corrected chi connectivity index (χ1v) is 5.38. The van der Waals surface area contributed by atoms with Gasteiger partial charge >= 0.3 is 0 Å². The molecular weight excluding hydrogens is 204 g/mol. The van der Waals surface area contributed by atoms with Gasteiger partial charge in [-0.15, -0.1) is 0 Å². The fourth-order valence-electron chi connectivity index (χ4n) is 1.21. The quantitative estimate of drug-likeness (QED) is 0.803. The first kappa shape index (κ1) is 12.6. The van der Waals surface area contributed by atoms with Crippen LogP contribution < -0.4 is 5.32 Å². The lowest BCUT2D eigenvalue weighted by Gasteiger charge is -2.14. The van der Waals surface area contributed by atoms with Gasteiger partial charge in [-0.2, -0.15) is 0 Å². The molecule has 0 fully saturated rings. The van der Waals surface area contributed by atoms with Gasteiger partial charge in [-0.1, -0.05) is 13.8 Å². The molecule has 0 aliphatic rings. The van der Waals surface area contributed by atoms with Crippen molar-refractivity contribution in [3.05, 3.63) is 29.6 Å². The SMILES string of the molecule is Cc1cncc(C(=O)NCC(O)C(C)C)c1. The predicted molar refractivity (Wildman–Crippen MR) is 62.2 cm³/mol. The summed E-state index contributed by atoms with van der Waals surface area (Å²) in [6.07, 6.45) is 2.70. The topological polar surface area (TPSA) is 62.2 Å². The van der Waals surface area contributed by atoms with Gasteiger partial charge in [-0.3, -0.25) is 9.78 Å². The molecule has 4 nitrogen and oxygen atoms in total. The van der Waals surface area contributed by atoms with Crippen molar-refractivity contribution in [1.29, 1.82) is 0 Å². The van der Waals surface area contributed by atoms with Crippen molar-refractivity contribution < 1.29 is 9.90 Å². The van der Waals surface area contributed by atoms with Gasteiger partial charge in [0.15, 0.2) is 0 Å². The Kier molecular flexibility index (Phi) is 4.43. The van der Waals surface area contributed by atoms with Crippen molar-refractivity contribution in [2.45, 2.75) is 26.9 Å². The molecule has 1 amide bonds. The van der Waals surface area contributed by atoms with Gasteiger partial charge in [0.2, 0.25) is 0 Å². The molecule has 1 unspecified atom stereocenters. The Bertz CT molecular complexity index is 364. The average Bonchev–Trinajstić information content (AvgIpc) is 2.25. The maximum atomic E-state index is 11.7. The smallest absolute Gasteiger partial charge is 0.252 e. The second-order valence-electron chi connectivity index (χ2n) is 4.27. The van der Waals surface area contributed by atoms with Crippen LogP contribution in [0.1, 0.15) is 29.8 Å². The summed E-state index contributed by atoms with van der Waals surface area (Å²) in [5.41, 5.74) is 1.47. The number of carbonyl (C=O) groups excluding carboxylic acids is 1. The van der Waals surface area contributed by atoms with Crippen LogP contribution in [-0.4, -0.2) is 28.6 Å². The third-order valence-electron chi connectivity index (χ3n) is 2.38. The van der Waals surface area contributed by atoms with Crippen LogP contribution in [0.5, 0.6) is 0 Å². The minimum absolute atomic E-state index is 0.135. The van der Waals surface area contributed by atoms with Gasteiger partial charge in [-0.05, 0) is 24.5 Å². The number of nitrogens with zero attached hydrogens (tertiary/aromatic N) is 1. The van der Waals surface area contributed by atoms with Gasteiger partial charge in [-0.25, -0.2) is 0 Å². The van der Waals surface area contributed by atoms with Crippen molar-refractivity contribution in [3.63, 3.8) is 0 Å². The minimum Gasteiger partial charge on any atom is -0.391 e. The lowest BCUT2D eigenvalue weighted by molar-refractivity contribution is 0.0871. The van der Waals surface area contributed by atoms with E-state index in [2.05, 4.69) is 10.3 Å². The summed E-state index contributed by atoms with van der Waals surface area (Å²) in [7, 11) is 0. The summed E-state index contributed by atoms with van der Waals surface area (Å²) in [5.74, 6) is -0.0631. The number of hydrogen-bond acceptors (Lipinski definition) is 3. The van der Waals surface area contributed by atoms with Gasteiger partial charge in [0.1, 0.15) is 0 Å². The largest absolute Gasteiger partial charge is 0.391 e. The maximum Gasteiger partial charge on any atom is 0.252 e. The molecule has 0 aliphatic carbocycles. The Hall–Kier alpha value is -1.42. The second-order valence-corrected chi connectivity index (χ2v) is 4.27. The molecule has 1 heterocycles. The Balaban J connectivity index is 2.53. The van der Waals surface area contributed by atoms with E-state index >= 15 is 0 Å². The van der Waals surface area contributed by atoms with Crippen molar-refractivity contribution in [3.8, 4) is 0 Å². The highest BCUT2D eigenvalue weighted by Crippen LogP contribution is 2.02.